The van der Waals surface area contributed by atoms with Gasteiger partial charge in [-0.15, -0.1) is 0 Å². The Bertz CT molecular complexity index is 411. The Hall–Kier alpha value is -1.37. The molecule has 0 unspecified atom stereocenters. The molecule has 0 radical (unpaired) electrons. The molecule has 1 saturated carbocycles. The van der Waals surface area contributed by atoms with Crippen LogP contribution in [-0.2, 0) is 4.79 Å². The zero-order valence-corrected chi connectivity index (χ0v) is 9.94. The summed E-state index contributed by atoms with van der Waals surface area (Å²) in [6.07, 6.45) is 5.60. The molecule has 1 aliphatic carbocycles. The molecule has 1 aromatic rings. The molecular formula is C15H18O. The minimum Gasteiger partial charge on any atom is -0.298 e. The maximum atomic E-state index is 10.9. The second kappa shape index (κ2) is 4.65. The Kier molecular flexibility index (Phi) is 3.23. The average molecular weight is 214 g/mol. The lowest BCUT2D eigenvalue weighted by molar-refractivity contribution is -0.105. The molecule has 0 saturated heterocycles. The number of carbonyl (C=O) groups is 1. The predicted octanol–water partition coefficient (Wildman–Crippen LogP) is 3.80. The van der Waals surface area contributed by atoms with Crippen LogP contribution in [0.1, 0.15) is 43.7 Å². The average Bonchev–Trinajstić information content (AvgIpc) is 3.09. The van der Waals surface area contributed by atoms with Gasteiger partial charge >= 0.3 is 0 Å². The van der Waals surface area contributed by atoms with Crippen LogP contribution in [0.5, 0.6) is 0 Å². The largest absolute Gasteiger partial charge is 0.298 e. The van der Waals surface area contributed by atoms with E-state index in [4.69, 9.17) is 0 Å². The quantitative estimate of drug-likeness (QED) is 0.550. The van der Waals surface area contributed by atoms with Crippen LogP contribution < -0.4 is 0 Å². The molecule has 0 heterocycles. The van der Waals surface area contributed by atoms with E-state index in [1.807, 2.05) is 19.9 Å². The smallest absolute Gasteiger partial charge is 0.146 e. The van der Waals surface area contributed by atoms with E-state index < -0.39 is 0 Å². The highest BCUT2D eigenvalue weighted by Crippen LogP contribution is 2.40. The first-order chi connectivity index (χ1) is 7.70. The summed E-state index contributed by atoms with van der Waals surface area (Å²) in [4.78, 5) is 10.9. The van der Waals surface area contributed by atoms with Crippen LogP contribution in [0.2, 0.25) is 0 Å². The van der Waals surface area contributed by atoms with Crippen molar-refractivity contribution in [3.63, 3.8) is 0 Å². The monoisotopic (exact) mass is 214 g/mol. The van der Waals surface area contributed by atoms with Gasteiger partial charge in [0.2, 0.25) is 0 Å². The van der Waals surface area contributed by atoms with Crippen molar-refractivity contribution < 1.29 is 4.79 Å². The highest BCUT2D eigenvalue weighted by atomic mass is 16.1. The lowest BCUT2D eigenvalue weighted by Gasteiger charge is -2.05. The maximum absolute atomic E-state index is 10.9. The van der Waals surface area contributed by atoms with Crippen molar-refractivity contribution in [2.75, 3.05) is 0 Å². The molecule has 0 spiro atoms. The second-order valence-electron chi connectivity index (χ2n) is 4.86. The summed E-state index contributed by atoms with van der Waals surface area (Å²) in [6.45, 7) is 4.09. The van der Waals surface area contributed by atoms with Gasteiger partial charge in [0.25, 0.3) is 0 Å². The lowest BCUT2D eigenvalue weighted by Crippen LogP contribution is -1.95. The van der Waals surface area contributed by atoms with Crippen LogP contribution >= 0.6 is 0 Å². The fourth-order valence-corrected chi connectivity index (χ4v) is 1.85. The third-order valence-corrected chi connectivity index (χ3v) is 3.10. The third-order valence-electron chi connectivity index (χ3n) is 3.10. The molecule has 84 valence electrons. The Labute approximate surface area is 97.2 Å². The van der Waals surface area contributed by atoms with E-state index in [2.05, 4.69) is 24.3 Å². The van der Waals surface area contributed by atoms with Gasteiger partial charge in [0.15, 0.2) is 0 Å². The van der Waals surface area contributed by atoms with E-state index in [1.54, 1.807) is 0 Å². The van der Waals surface area contributed by atoms with E-state index >= 15 is 0 Å². The van der Waals surface area contributed by atoms with Crippen LogP contribution in [0.4, 0.5) is 0 Å². The molecule has 2 rings (SSSR count). The van der Waals surface area contributed by atoms with Crippen molar-refractivity contribution in [3.05, 3.63) is 41.0 Å². The van der Waals surface area contributed by atoms with E-state index in [-0.39, 0.29) is 0 Å². The zero-order valence-electron chi connectivity index (χ0n) is 9.94. The molecule has 0 aliphatic heterocycles. The van der Waals surface area contributed by atoms with Gasteiger partial charge in [0.05, 0.1) is 0 Å². The van der Waals surface area contributed by atoms with Gasteiger partial charge in [-0.1, -0.05) is 38.1 Å². The van der Waals surface area contributed by atoms with E-state index in [0.29, 0.717) is 5.92 Å². The Morgan fingerprint density at radius 2 is 2.12 bits per heavy atom. The molecule has 1 aromatic carbocycles. The van der Waals surface area contributed by atoms with Gasteiger partial charge in [-0.2, -0.15) is 0 Å². The van der Waals surface area contributed by atoms with Crippen LogP contribution in [-0.4, -0.2) is 6.29 Å². The van der Waals surface area contributed by atoms with Crippen molar-refractivity contribution >= 4 is 12.4 Å². The molecule has 16 heavy (non-hydrogen) atoms. The maximum Gasteiger partial charge on any atom is 0.146 e. The van der Waals surface area contributed by atoms with Crippen LogP contribution in [0.25, 0.3) is 6.08 Å². The van der Waals surface area contributed by atoms with E-state index in [1.165, 1.54) is 18.4 Å². The van der Waals surface area contributed by atoms with E-state index in [9.17, 15) is 4.79 Å². The third kappa shape index (κ3) is 2.60. The Morgan fingerprint density at radius 3 is 2.69 bits per heavy atom. The predicted molar refractivity (Wildman–Crippen MR) is 67.3 cm³/mol. The van der Waals surface area contributed by atoms with Gasteiger partial charge in [-0.05, 0) is 47.5 Å². The minimum absolute atomic E-state index is 0.294. The summed E-state index contributed by atoms with van der Waals surface area (Å²) >= 11 is 0. The summed E-state index contributed by atoms with van der Waals surface area (Å²) < 4.78 is 0. The molecule has 0 atom stereocenters. The van der Waals surface area contributed by atoms with Crippen molar-refractivity contribution in [1.82, 2.24) is 0 Å². The first-order valence-corrected chi connectivity index (χ1v) is 5.97. The summed E-state index contributed by atoms with van der Waals surface area (Å²) in [7, 11) is 0. The number of hydrogen-bond acceptors (Lipinski definition) is 1. The molecule has 0 bridgehead atoms. The highest BCUT2D eigenvalue weighted by Gasteiger charge is 2.23. The van der Waals surface area contributed by atoms with Gasteiger partial charge < -0.3 is 0 Å². The van der Waals surface area contributed by atoms with Crippen molar-refractivity contribution in [3.8, 4) is 0 Å². The normalized spacial score (nSPS) is 16.6. The standard InChI is InChI=1S/C15H18O/c1-11(2)15(10-16)9-12-4-3-5-14(8-12)13-6-7-13/h3-5,8-11,13H,6-7H2,1-2H3. The molecule has 1 aliphatic rings. The number of benzene rings is 1. The summed E-state index contributed by atoms with van der Waals surface area (Å²) in [5.41, 5.74) is 3.44. The number of hydrogen-bond donors (Lipinski definition) is 0. The fraction of sp³-hybridized carbons (Fsp3) is 0.400. The number of allylic oxidation sites excluding steroid dienone is 1. The van der Waals surface area contributed by atoms with Crippen LogP contribution in [0.3, 0.4) is 0 Å². The van der Waals surface area contributed by atoms with Crippen molar-refractivity contribution in [1.29, 1.82) is 0 Å². The molecular weight excluding hydrogens is 196 g/mol. The van der Waals surface area contributed by atoms with Crippen LogP contribution in [0.15, 0.2) is 29.8 Å². The molecule has 1 heteroatoms. The minimum atomic E-state index is 0.294. The van der Waals surface area contributed by atoms with E-state index in [0.717, 1.165) is 23.3 Å². The first kappa shape index (κ1) is 11.1. The van der Waals surface area contributed by atoms with Crippen LogP contribution in [0, 0.1) is 5.92 Å². The molecule has 0 N–H and O–H groups in total. The molecule has 1 nitrogen and oxygen atoms in total. The van der Waals surface area contributed by atoms with Crippen molar-refractivity contribution in [2.45, 2.75) is 32.6 Å². The Balaban J connectivity index is 2.25. The topological polar surface area (TPSA) is 17.1 Å². The zero-order chi connectivity index (χ0) is 11.5. The number of carbonyl (C=O) groups excluding carboxylic acids is 1. The fourth-order valence-electron chi connectivity index (χ4n) is 1.85. The number of rotatable bonds is 4. The summed E-state index contributed by atoms with van der Waals surface area (Å²) in [5, 5.41) is 0. The SMILES string of the molecule is CC(C)C(C=O)=Cc1cccc(C2CC2)c1. The van der Waals surface area contributed by atoms with Crippen molar-refractivity contribution in [2.24, 2.45) is 5.92 Å². The molecule has 0 aromatic heterocycles. The summed E-state index contributed by atoms with van der Waals surface area (Å²) in [5.74, 6) is 1.06. The molecule has 0 amide bonds. The van der Waals surface area contributed by atoms with Gasteiger partial charge in [-0.25, -0.2) is 0 Å². The highest BCUT2D eigenvalue weighted by molar-refractivity contribution is 5.82. The van der Waals surface area contributed by atoms with Gasteiger partial charge in [0, 0.05) is 0 Å². The second-order valence-corrected chi connectivity index (χ2v) is 4.86. The number of aldehydes is 1. The van der Waals surface area contributed by atoms with Gasteiger partial charge in [0.1, 0.15) is 6.29 Å². The van der Waals surface area contributed by atoms with Gasteiger partial charge in [-0.3, -0.25) is 4.79 Å². The lowest BCUT2D eigenvalue weighted by atomic mass is 10.00. The first-order valence-electron chi connectivity index (χ1n) is 5.97. The Morgan fingerprint density at radius 1 is 1.38 bits per heavy atom. The molecule has 1 fully saturated rings. The summed E-state index contributed by atoms with van der Waals surface area (Å²) in [6, 6.07) is 8.55.